The fourth-order valence-electron chi connectivity index (χ4n) is 1.30. The van der Waals surface area contributed by atoms with E-state index in [-0.39, 0.29) is 23.0 Å². The SMILES string of the molecule is CC(C)C(=O)Oc1cccc(C(=O)Cl)c1OC(=O)C(C)C. The molecule has 1 rings (SSSR count). The zero-order valence-electron chi connectivity index (χ0n) is 12.3. The molecule has 6 heteroatoms. The van der Waals surface area contributed by atoms with E-state index in [2.05, 4.69) is 0 Å². The molecule has 0 saturated heterocycles. The first-order chi connectivity index (χ1) is 9.73. The molecule has 114 valence electrons. The summed E-state index contributed by atoms with van der Waals surface area (Å²) >= 11 is 5.47. The van der Waals surface area contributed by atoms with Gasteiger partial charge in [-0.1, -0.05) is 33.8 Å². The van der Waals surface area contributed by atoms with E-state index in [1.807, 2.05) is 0 Å². The van der Waals surface area contributed by atoms with E-state index < -0.39 is 23.1 Å². The van der Waals surface area contributed by atoms with Gasteiger partial charge in [-0.05, 0) is 23.7 Å². The number of esters is 2. The van der Waals surface area contributed by atoms with Gasteiger partial charge in [0.2, 0.25) is 0 Å². The minimum absolute atomic E-state index is 0.00537. The van der Waals surface area contributed by atoms with Crippen molar-refractivity contribution in [3.05, 3.63) is 23.8 Å². The third kappa shape index (κ3) is 4.56. The van der Waals surface area contributed by atoms with Crippen molar-refractivity contribution in [1.29, 1.82) is 0 Å². The second-order valence-corrected chi connectivity index (χ2v) is 5.40. The van der Waals surface area contributed by atoms with Crippen LogP contribution in [0.5, 0.6) is 11.5 Å². The number of carbonyl (C=O) groups excluding carboxylic acids is 3. The van der Waals surface area contributed by atoms with Crippen LogP contribution in [-0.2, 0) is 9.59 Å². The molecule has 0 aromatic heterocycles. The van der Waals surface area contributed by atoms with Crippen molar-refractivity contribution in [2.45, 2.75) is 27.7 Å². The molecule has 0 saturated carbocycles. The van der Waals surface area contributed by atoms with Gasteiger partial charge in [0.25, 0.3) is 5.24 Å². The Morgan fingerprint density at radius 1 is 0.952 bits per heavy atom. The fourth-order valence-corrected chi connectivity index (χ4v) is 1.45. The van der Waals surface area contributed by atoms with Crippen LogP contribution in [0.3, 0.4) is 0 Å². The highest BCUT2D eigenvalue weighted by Crippen LogP contribution is 2.33. The van der Waals surface area contributed by atoms with Gasteiger partial charge in [-0.15, -0.1) is 0 Å². The van der Waals surface area contributed by atoms with Crippen molar-refractivity contribution in [2.24, 2.45) is 11.8 Å². The second kappa shape index (κ2) is 7.22. The average Bonchev–Trinajstić information content (AvgIpc) is 2.39. The van der Waals surface area contributed by atoms with Gasteiger partial charge in [0, 0.05) is 0 Å². The summed E-state index contributed by atoms with van der Waals surface area (Å²) in [5.41, 5.74) is -0.0280. The van der Waals surface area contributed by atoms with E-state index in [1.54, 1.807) is 27.7 Å². The Kier molecular flexibility index (Phi) is 5.90. The highest BCUT2D eigenvalue weighted by Gasteiger charge is 2.22. The molecule has 1 aromatic carbocycles. The summed E-state index contributed by atoms with van der Waals surface area (Å²) in [5.74, 6) is -1.97. The molecule has 0 amide bonds. The van der Waals surface area contributed by atoms with Gasteiger partial charge in [-0.2, -0.15) is 0 Å². The number of hydrogen-bond donors (Lipinski definition) is 0. The van der Waals surface area contributed by atoms with Crippen molar-refractivity contribution < 1.29 is 23.9 Å². The van der Waals surface area contributed by atoms with Crippen LogP contribution in [-0.4, -0.2) is 17.2 Å². The molecule has 0 fully saturated rings. The molecule has 0 N–H and O–H groups in total. The average molecular weight is 313 g/mol. The predicted octanol–water partition coefficient (Wildman–Crippen LogP) is 3.19. The van der Waals surface area contributed by atoms with Crippen molar-refractivity contribution in [3.8, 4) is 11.5 Å². The van der Waals surface area contributed by atoms with Gasteiger partial charge in [-0.3, -0.25) is 14.4 Å². The van der Waals surface area contributed by atoms with Crippen LogP contribution in [0.4, 0.5) is 0 Å². The lowest BCUT2D eigenvalue weighted by Gasteiger charge is -2.14. The van der Waals surface area contributed by atoms with Gasteiger partial charge in [0.05, 0.1) is 17.4 Å². The standard InChI is InChI=1S/C15H17ClO5/c1-8(2)14(18)20-11-7-5-6-10(13(16)17)12(11)21-15(19)9(3)4/h5-9H,1-4H3. The van der Waals surface area contributed by atoms with E-state index in [4.69, 9.17) is 21.1 Å². The smallest absolute Gasteiger partial charge is 0.313 e. The number of halogens is 1. The Hall–Kier alpha value is -1.88. The van der Waals surface area contributed by atoms with E-state index in [1.165, 1.54) is 18.2 Å². The first-order valence-electron chi connectivity index (χ1n) is 6.50. The van der Waals surface area contributed by atoms with Crippen LogP contribution in [0.2, 0.25) is 0 Å². The third-order valence-electron chi connectivity index (χ3n) is 2.55. The number of hydrogen-bond acceptors (Lipinski definition) is 5. The molecular weight excluding hydrogens is 296 g/mol. The quantitative estimate of drug-likeness (QED) is 0.474. The molecule has 0 aliphatic heterocycles. The number of rotatable bonds is 5. The minimum atomic E-state index is -0.802. The van der Waals surface area contributed by atoms with Gasteiger partial charge in [0.1, 0.15) is 0 Å². The Morgan fingerprint density at radius 2 is 1.48 bits per heavy atom. The number of carbonyl (C=O) groups is 3. The summed E-state index contributed by atoms with van der Waals surface area (Å²) in [7, 11) is 0. The maximum Gasteiger partial charge on any atom is 0.313 e. The molecule has 5 nitrogen and oxygen atoms in total. The highest BCUT2D eigenvalue weighted by atomic mass is 35.5. The molecule has 1 aromatic rings. The molecule has 0 unspecified atom stereocenters. The number of para-hydroxylation sites is 1. The van der Waals surface area contributed by atoms with E-state index in [9.17, 15) is 14.4 Å². The fraction of sp³-hybridized carbons (Fsp3) is 0.400. The Bertz CT molecular complexity index is 563. The summed E-state index contributed by atoms with van der Waals surface area (Å²) in [6.07, 6.45) is 0. The number of benzene rings is 1. The van der Waals surface area contributed by atoms with Gasteiger partial charge < -0.3 is 9.47 Å². The normalized spacial score (nSPS) is 10.6. The molecular formula is C15H17ClO5. The first-order valence-corrected chi connectivity index (χ1v) is 6.88. The monoisotopic (exact) mass is 312 g/mol. The van der Waals surface area contributed by atoms with E-state index in [0.29, 0.717) is 0 Å². The lowest BCUT2D eigenvalue weighted by molar-refractivity contribution is -0.140. The van der Waals surface area contributed by atoms with Crippen molar-refractivity contribution in [2.75, 3.05) is 0 Å². The zero-order valence-corrected chi connectivity index (χ0v) is 13.1. The predicted molar refractivity (Wildman–Crippen MR) is 77.6 cm³/mol. The Labute approximate surface area is 128 Å². The largest absolute Gasteiger partial charge is 0.422 e. The van der Waals surface area contributed by atoms with Gasteiger partial charge >= 0.3 is 11.9 Å². The second-order valence-electron chi connectivity index (χ2n) is 5.06. The van der Waals surface area contributed by atoms with Crippen LogP contribution in [0, 0.1) is 11.8 Å². The maximum atomic E-state index is 11.7. The molecule has 0 radical (unpaired) electrons. The number of ether oxygens (including phenoxy) is 2. The van der Waals surface area contributed by atoms with E-state index >= 15 is 0 Å². The lowest BCUT2D eigenvalue weighted by Crippen LogP contribution is -2.19. The molecule has 0 aliphatic carbocycles. The zero-order chi connectivity index (χ0) is 16.2. The van der Waals surface area contributed by atoms with Crippen LogP contribution >= 0.6 is 11.6 Å². The van der Waals surface area contributed by atoms with Gasteiger partial charge in [-0.25, -0.2) is 0 Å². The summed E-state index contributed by atoms with van der Waals surface area (Å²) in [5, 5.41) is -0.802. The summed E-state index contributed by atoms with van der Waals surface area (Å²) in [6.45, 7) is 6.62. The van der Waals surface area contributed by atoms with Crippen LogP contribution in [0.15, 0.2) is 18.2 Å². The Morgan fingerprint density at radius 3 is 1.95 bits per heavy atom. The maximum absolute atomic E-state index is 11.7. The van der Waals surface area contributed by atoms with Crippen molar-refractivity contribution in [1.82, 2.24) is 0 Å². The van der Waals surface area contributed by atoms with E-state index in [0.717, 1.165) is 0 Å². The molecule has 0 bridgehead atoms. The van der Waals surface area contributed by atoms with Crippen molar-refractivity contribution in [3.63, 3.8) is 0 Å². The first kappa shape index (κ1) is 17.2. The minimum Gasteiger partial charge on any atom is -0.422 e. The van der Waals surface area contributed by atoms with Crippen molar-refractivity contribution >= 4 is 28.8 Å². The van der Waals surface area contributed by atoms with Crippen LogP contribution in [0.25, 0.3) is 0 Å². The molecule has 0 atom stereocenters. The van der Waals surface area contributed by atoms with Crippen LogP contribution < -0.4 is 9.47 Å². The lowest BCUT2D eigenvalue weighted by atomic mass is 10.2. The molecule has 0 aliphatic rings. The molecule has 0 spiro atoms. The molecule has 21 heavy (non-hydrogen) atoms. The summed E-state index contributed by atoms with van der Waals surface area (Å²) in [4.78, 5) is 34.8. The summed E-state index contributed by atoms with van der Waals surface area (Å²) in [6, 6.07) is 4.32. The highest BCUT2D eigenvalue weighted by molar-refractivity contribution is 6.68. The third-order valence-corrected chi connectivity index (χ3v) is 2.75. The topological polar surface area (TPSA) is 69.7 Å². The van der Waals surface area contributed by atoms with Gasteiger partial charge in [0.15, 0.2) is 11.5 Å². The Balaban J connectivity index is 3.23. The van der Waals surface area contributed by atoms with Crippen LogP contribution in [0.1, 0.15) is 38.1 Å². The molecule has 0 heterocycles. The summed E-state index contributed by atoms with van der Waals surface area (Å²) < 4.78 is 10.3.